The largest absolute Gasteiger partial charge is 0.466 e. The number of ether oxygens (including phenoxy) is 1. The van der Waals surface area contributed by atoms with Crippen LogP contribution in [-0.4, -0.2) is 12.6 Å². The van der Waals surface area contributed by atoms with Crippen LogP contribution in [0.2, 0.25) is 0 Å². The van der Waals surface area contributed by atoms with Crippen LogP contribution in [-0.2, 0) is 9.53 Å². The van der Waals surface area contributed by atoms with Crippen molar-refractivity contribution in [2.24, 2.45) is 0 Å². The number of hydrogen-bond acceptors (Lipinski definition) is 2. The third-order valence-corrected chi connectivity index (χ3v) is 1.33. The van der Waals surface area contributed by atoms with Crippen LogP contribution in [0.5, 0.6) is 0 Å². The number of hydrogen-bond donors (Lipinski definition) is 0. The molecule has 0 saturated heterocycles. The smallest absolute Gasteiger partial charge is 0.302 e. The number of carbonyl (C=O) groups excluding carboxylic acids is 1. The Hall–Kier alpha value is -1.38. The van der Waals surface area contributed by atoms with E-state index in [4.69, 9.17) is 0 Å². The minimum absolute atomic E-state index is 0.162. The van der Waals surface area contributed by atoms with Crippen LogP contribution in [0.3, 0.4) is 0 Å². The van der Waals surface area contributed by atoms with Crippen LogP contribution in [0.4, 0.5) is 4.39 Å². The summed E-state index contributed by atoms with van der Waals surface area (Å²) in [5, 5.41) is 0. The van der Waals surface area contributed by atoms with Crippen LogP contribution in [0.1, 0.15) is 19.4 Å². The van der Waals surface area contributed by atoms with Crippen LogP contribution in [0.25, 0.3) is 0 Å². The Morgan fingerprint density at radius 2 is 2.14 bits per heavy atom. The molecule has 0 heterocycles. The van der Waals surface area contributed by atoms with Crippen molar-refractivity contribution < 1.29 is 13.9 Å². The summed E-state index contributed by atoms with van der Waals surface area (Å²) >= 11 is 0. The minimum atomic E-state index is -0.211. The molecule has 0 saturated carbocycles. The SMILES string of the molecule is CCOC(C)=O.Cc1cccc(F)c1. The molecule has 1 rings (SSSR count). The lowest BCUT2D eigenvalue weighted by molar-refractivity contribution is -0.140. The fourth-order valence-electron chi connectivity index (χ4n) is 0.809. The normalized spacial score (nSPS) is 8.57. The molecular formula is C11H15FO2. The van der Waals surface area contributed by atoms with E-state index in [0.717, 1.165) is 5.56 Å². The Bertz CT molecular complexity index is 267. The van der Waals surface area contributed by atoms with Gasteiger partial charge < -0.3 is 4.74 Å². The zero-order chi connectivity index (χ0) is 11.0. The van der Waals surface area contributed by atoms with Crippen LogP contribution >= 0.6 is 0 Å². The Morgan fingerprint density at radius 3 is 2.36 bits per heavy atom. The standard InChI is InChI=1S/C7H7F.C4H8O2/c1-6-3-2-4-7(8)5-6;1-3-6-4(2)5/h2-5H,1H3;3H2,1-2H3. The van der Waals surface area contributed by atoms with Gasteiger partial charge in [-0.3, -0.25) is 4.79 Å². The van der Waals surface area contributed by atoms with Gasteiger partial charge in [0, 0.05) is 6.92 Å². The first kappa shape index (κ1) is 12.6. The van der Waals surface area contributed by atoms with E-state index < -0.39 is 0 Å². The third kappa shape index (κ3) is 7.28. The van der Waals surface area contributed by atoms with Gasteiger partial charge in [-0.05, 0) is 31.5 Å². The lowest BCUT2D eigenvalue weighted by Gasteiger charge is -1.89. The molecule has 0 atom stereocenters. The topological polar surface area (TPSA) is 26.3 Å². The highest BCUT2D eigenvalue weighted by molar-refractivity contribution is 5.65. The molecule has 0 N–H and O–H groups in total. The molecule has 0 amide bonds. The summed E-state index contributed by atoms with van der Waals surface area (Å²) in [6, 6.07) is 6.50. The molecule has 14 heavy (non-hydrogen) atoms. The molecular weight excluding hydrogens is 183 g/mol. The van der Waals surface area contributed by atoms with Gasteiger partial charge in [-0.2, -0.15) is 0 Å². The van der Waals surface area contributed by atoms with E-state index in [1.54, 1.807) is 13.0 Å². The maximum atomic E-state index is 12.2. The van der Waals surface area contributed by atoms with Gasteiger partial charge in [0.05, 0.1) is 6.61 Å². The average Bonchev–Trinajstić information content (AvgIpc) is 2.03. The molecule has 0 fully saturated rings. The number of halogens is 1. The van der Waals surface area contributed by atoms with E-state index in [9.17, 15) is 9.18 Å². The molecule has 3 heteroatoms. The third-order valence-electron chi connectivity index (χ3n) is 1.33. The summed E-state index contributed by atoms with van der Waals surface area (Å²) in [6.07, 6.45) is 0. The van der Waals surface area contributed by atoms with Crippen LogP contribution < -0.4 is 0 Å². The van der Waals surface area contributed by atoms with E-state index in [-0.39, 0.29) is 11.8 Å². The van der Waals surface area contributed by atoms with Crippen molar-refractivity contribution in [1.29, 1.82) is 0 Å². The van der Waals surface area contributed by atoms with Crippen molar-refractivity contribution in [3.8, 4) is 0 Å². The minimum Gasteiger partial charge on any atom is -0.466 e. The maximum absolute atomic E-state index is 12.2. The highest BCUT2D eigenvalue weighted by Crippen LogP contribution is 1.99. The van der Waals surface area contributed by atoms with Crippen LogP contribution in [0, 0.1) is 12.7 Å². The maximum Gasteiger partial charge on any atom is 0.302 e. The van der Waals surface area contributed by atoms with Gasteiger partial charge in [-0.1, -0.05) is 12.1 Å². The molecule has 0 aliphatic heterocycles. The van der Waals surface area contributed by atoms with Gasteiger partial charge in [0.1, 0.15) is 5.82 Å². The van der Waals surface area contributed by atoms with Crippen molar-refractivity contribution in [3.63, 3.8) is 0 Å². The van der Waals surface area contributed by atoms with Gasteiger partial charge in [-0.15, -0.1) is 0 Å². The molecule has 0 bridgehead atoms. The van der Waals surface area contributed by atoms with Gasteiger partial charge in [0.15, 0.2) is 0 Å². The molecule has 2 nitrogen and oxygen atoms in total. The Labute approximate surface area is 83.7 Å². The first-order valence-corrected chi connectivity index (χ1v) is 4.41. The van der Waals surface area contributed by atoms with E-state index in [1.165, 1.54) is 19.1 Å². The molecule has 0 aliphatic rings. The summed E-state index contributed by atoms with van der Waals surface area (Å²) < 4.78 is 16.6. The van der Waals surface area contributed by atoms with E-state index in [1.807, 2.05) is 13.0 Å². The second-order valence-electron chi connectivity index (χ2n) is 2.72. The van der Waals surface area contributed by atoms with Gasteiger partial charge in [0.25, 0.3) is 0 Å². The Kier molecular flexibility index (Phi) is 6.37. The number of esters is 1. The van der Waals surface area contributed by atoms with Crippen molar-refractivity contribution in [1.82, 2.24) is 0 Å². The number of carbonyl (C=O) groups is 1. The second-order valence-corrected chi connectivity index (χ2v) is 2.72. The molecule has 0 aliphatic carbocycles. The highest BCUT2D eigenvalue weighted by atomic mass is 19.1. The van der Waals surface area contributed by atoms with Crippen molar-refractivity contribution in [3.05, 3.63) is 35.6 Å². The van der Waals surface area contributed by atoms with E-state index in [0.29, 0.717) is 6.61 Å². The Morgan fingerprint density at radius 1 is 1.50 bits per heavy atom. The lowest BCUT2D eigenvalue weighted by atomic mass is 10.2. The second kappa shape index (κ2) is 7.06. The summed E-state index contributed by atoms with van der Waals surface area (Å²) in [5.74, 6) is -0.373. The highest BCUT2D eigenvalue weighted by Gasteiger charge is 1.84. The summed E-state index contributed by atoms with van der Waals surface area (Å²) in [6.45, 7) is 5.52. The fourth-order valence-corrected chi connectivity index (χ4v) is 0.809. The Balaban J connectivity index is 0.000000255. The molecule has 1 aromatic carbocycles. The molecule has 78 valence electrons. The predicted molar refractivity (Wildman–Crippen MR) is 53.4 cm³/mol. The first-order valence-electron chi connectivity index (χ1n) is 4.41. The molecule has 0 unspecified atom stereocenters. The summed E-state index contributed by atoms with van der Waals surface area (Å²) in [7, 11) is 0. The van der Waals surface area contributed by atoms with Gasteiger partial charge in [-0.25, -0.2) is 4.39 Å². The number of rotatable bonds is 1. The summed E-state index contributed by atoms with van der Waals surface area (Å²) in [4.78, 5) is 9.82. The van der Waals surface area contributed by atoms with Gasteiger partial charge >= 0.3 is 5.97 Å². The quantitative estimate of drug-likeness (QED) is 0.648. The van der Waals surface area contributed by atoms with Crippen molar-refractivity contribution >= 4 is 5.97 Å². The average molecular weight is 198 g/mol. The molecule has 0 aromatic heterocycles. The zero-order valence-electron chi connectivity index (χ0n) is 8.71. The van der Waals surface area contributed by atoms with Crippen LogP contribution in [0.15, 0.2) is 24.3 Å². The molecule has 1 aromatic rings. The predicted octanol–water partition coefficient (Wildman–Crippen LogP) is 2.70. The molecule has 0 radical (unpaired) electrons. The summed E-state index contributed by atoms with van der Waals surface area (Å²) in [5.41, 5.74) is 0.963. The lowest BCUT2D eigenvalue weighted by Crippen LogP contribution is -1.95. The van der Waals surface area contributed by atoms with E-state index >= 15 is 0 Å². The first-order chi connectivity index (χ1) is 6.56. The molecule has 0 spiro atoms. The zero-order valence-corrected chi connectivity index (χ0v) is 8.71. The van der Waals surface area contributed by atoms with Gasteiger partial charge in [0.2, 0.25) is 0 Å². The van der Waals surface area contributed by atoms with Crippen molar-refractivity contribution in [2.75, 3.05) is 6.61 Å². The fraction of sp³-hybridized carbons (Fsp3) is 0.364. The number of aryl methyl sites for hydroxylation is 1. The van der Waals surface area contributed by atoms with E-state index in [2.05, 4.69) is 4.74 Å². The van der Waals surface area contributed by atoms with Crippen molar-refractivity contribution in [2.45, 2.75) is 20.8 Å². The monoisotopic (exact) mass is 198 g/mol. The number of benzene rings is 1.